The van der Waals surface area contributed by atoms with Crippen molar-refractivity contribution in [2.45, 2.75) is 69.5 Å². The van der Waals surface area contributed by atoms with E-state index >= 15 is 0 Å². The van der Waals surface area contributed by atoms with Gasteiger partial charge in [0.1, 0.15) is 5.60 Å². The number of fused-ring (bicyclic) bond motifs is 1. The Hall–Kier alpha value is -1.52. The van der Waals surface area contributed by atoms with E-state index in [0.29, 0.717) is 43.1 Å². The Bertz CT molecular complexity index is 955. The summed E-state index contributed by atoms with van der Waals surface area (Å²) >= 11 is 0. The number of hydrogen-bond acceptors (Lipinski definition) is 7. The van der Waals surface area contributed by atoms with E-state index in [2.05, 4.69) is 10.6 Å². The van der Waals surface area contributed by atoms with Gasteiger partial charge in [0.2, 0.25) is 0 Å². The van der Waals surface area contributed by atoms with Gasteiger partial charge in [-0.2, -0.15) is 0 Å². The fourth-order valence-electron chi connectivity index (χ4n) is 9.98. The van der Waals surface area contributed by atoms with Crippen molar-refractivity contribution in [3.05, 3.63) is 11.1 Å². The highest BCUT2D eigenvalue weighted by Crippen LogP contribution is 2.77. The number of allylic oxidation sites excluding steroid dienone is 1. The fourth-order valence-corrected chi connectivity index (χ4v) is 9.98. The number of carboxylic acids is 1. The second kappa shape index (κ2) is 10.2. The smallest absolute Gasteiger partial charge is 0.293 e. The SMILES string of the molecule is CNCCN=C(N)[NH+]1CC[C@H](CNC)[C@@]2(C1)[C@@H]1CC[C@H]3CCCC[C@H](OC)[C@]4(O)C[C@@]32C(=C4C(=O)[O-])C1. The third kappa shape index (κ3) is 3.83. The fraction of sp³-hybridized carbons (Fsp3) is 0.857. The maximum Gasteiger partial charge on any atom is 0.293 e. The van der Waals surface area contributed by atoms with Crippen molar-refractivity contribution in [3.63, 3.8) is 0 Å². The zero-order valence-corrected chi connectivity index (χ0v) is 22.9. The van der Waals surface area contributed by atoms with Gasteiger partial charge in [-0.1, -0.05) is 18.4 Å². The standard InChI is InChI=1S/C28H47N5O4/c1-30-11-12-32-25(29)33-13-10-20(15-31-2)27(17-33)19-9-8-18-6-4-5-7-22(37-3)28(36)16-26(18,27)21(14-19)23(28)24(34)35/h18-20,22,30-31,36H,4-17H2,1-3H3,(H2,29,32)(H,34,35)/t18-,19-,20-,22+,26+,27-,28-/m1/s1. The molecule has 1 aliphatic heterocycles. The first-order valence-electron chi connectivity index (χ1n) is 14.4. The topological polar surface area (TPSA) is 136 Å². The highest BCUT2D eigenvalue weighted by Gasteiger charge is 2.77. The van der Waals surface area contributed by atoms with Crippen LogP contribution in [0.15, 0.2) is 16.1 Å². The van der Waals surface area contributed by atoms with E-state index in [9.17, 15) is 15.0 Å². The van der Waals surface area contributed by atoms with Gasteiger partial charge < -0.3 is 36.1 Å². The van der Waals surface area contributed by atoms with Crippen LogP contribution in [-0.4, -0.2) is 82.7 Å². The van der Waals surface area contributed by atoms with E-state index in [1.807, 2.05) is 14.1 Å². The van der Waals surface area contributed by atoms with E-state index in [0.717, 1.165) is 76.7 Å². The molecule has 6 N–H and O–H groups in total. The minimum Gasteiger partial charge on any atom is -0.545 e. The molecular weight excluding hydrogens is 470 g/mol. The summed E-state index contributed by atoms with van der Waals surface area (Å²) < 4.78 is 5.86. The molecule has 0 amide bonds. The molecule has 1 heterocycles. The van der Waals surface area contributed by atoms with E-state index in [4.69, 9.17) is 15.5 Å². The number of aliphatic carboxylic acids is 1. The Balaban J connectivity index is 1.69. The van der Waals surface area contributed by atoms with Crippen LogP contribution in [0.25, 0.3) is 0 Å². The number of carboxylic acid groups (broad SMARTS) is 1. The molecule has 2 spiro atoms. The number of carbonyl (C=O) groups excluding carboxylic acids is 1. The molecular formula is C28H47N5O4. The summed E-state index contributed by atoms with van der Waals surface area (Å²) in [5.41, 5.74) is 5.72. The number of quaternary nitrogens is 1. The number of nitrogens with two attached hydrogens (primary N) is 1. The zero-order chi connectivity index (χ0) is 26.4. The number of aliphatic hydroxyl groups is 1. The largest absolute Gasteiger partial charge is 0.545 e. The summed E-state index contributed by atoms with van der Waals surface area (Å²) in [7, 11) is 5.54. The number of methoxy groups -OCH3 is 1. The summed E-state index contributed by atoms with van der Waals surface area (Å²) in [4.78, 5) is 18.8. The highest BCUT2D eigenvalue weighted by molar-refractivity contribution is 5.90. The summed E-state index contributed by atoms with van der Waals surface area (Å²) in [6, 6.07) is 0. The first kappa shape index (κ1) is 27.1. The Labute approximate surface area is 221 Å². The van der Waals surface area contributed by atoms with Crippen molar-refractivity contribution in [1.29, 1.82) is 0 Å². The van der Waals surface area contributed by atoms with Gasteiger partial charge in [-0.15, -0.1) is 0 Å². The first-order chi connectivity index (χ1) is 17.8. The Morgan fingerprint density at radius 2 is 1.95 bits per heavy atom. The number of nitrogens with one attached hydrogen (secondary N) is 3. The second-order valence-electron chi connectivity index (χ2n) is 12.4. The number of hydrogen-bond donors (Lipinski definition) is 5. The third-order valence-corrected chi connectivity index (χ3v) is 11.2. The van der Waals surface area contributed by atoms with E-state index in [-0.39, 0.29) is 16.4 Å². The number of rotatable bonds is 7. The number of likely N-dealkylation sites (N-methyl/N-ethyl adjacent to an activating group) is 1. The summed E-state index contributed by atoms with van der Waals surface area (Å²) in [6.45, 7) is 4.07. The second-order valence-corrected chi connectivity index (χ2v) is 12.4. The van der Waals surface area contributed by atoms with Crippen LogP contribution in [0.3, 0.4) is 0 Å². The number of likely N-dealkylation sites (tertiary alicyclic amines) is 1. The van der Waals surface area contributed by atoms with Crippen LogP contribution in [-0.2, 0) is 9.53 Å². The van der Waals surface area contributed by atoms with E-state index in [1.54, 1.807) is 7.11 Å². The summed E-state index contributed by atoms with van der Waals surface area (Å²) in [6.07, 6.45) is 7.59. The number of nitrogens with zero attached hydrogens (tertiary/aromatic N) is 1. The van der Waals surface area contributed by atoms with Crippen LogP contribution < -0.4 is 26.4 Å². The molecule has 0 aromatic rings. The molecule has 208 valence electrons. The Morgan fingerprint density at radius 1 is 1.19 bits per heavy atom. The molecule has 4 fully saturated rings. The molecule has 1 unspecified atom stereocenters. The molecule has 5 aliphatic rings. The Kier molecular flexibility index (Phi) is 7.48. The van der Waals surface area contributed by atoms with Crippen LogP contribution >= 0.6 is 0 Å². The minimum atomic E-state index is -1.52. The number of carbonyl (C=O) groups is 1. The van der Waals surface area contributed by atoms with Crippen molar-refractivity contribution in [2.24, 2.45) is 39.3 Å². The number of ether oxygens (including phenoxy) is 1. The van der Waals surface area contributed by atoms with Crippen molar-refractivity contribution >= 4 is 11.9 Å². The van der Waals surface area contributed by atoms with Crippen molar-refractivity contribution in [2.75, 3.05) is 53.9 Å². The van der Waals surface area contributed by atoms with E-state index < -0.39 is 17.7 Å². The van der Waals surface area contributed by atoms with Crippen LogP contribution in [0.2, 0.25) is 0 Å². The quantitative estimate of drug-likeness (QED) is 0.163. The highest BCUT2D eigenvalue weighted by atomic mass is 16.5. The van der Waals surface area contributed by atoms with Gasteiger partial charge in [-0.05, 0) is 76.9 Å². The average molecular weight is 518 g/mol. The summed E-state index contributed by atoms with van der Waals surface area (Å²) in [5, 5.41) is 31.8. The van der Waals surface area contributed by atoms with Crippen LogP contribution in [0.1, 0.15) is 57.8 Å². The van der Waals surface area contributed by atoms with Crippen LogP contribution in [0.5, 0.6) is 0 Å². The molecule has 8 atom stereocenters. The molecule has 3 bridgehead atoms. The van der Waals surface area contributed by atoms with E-state index in [1.165, 1.54) is 4.90 Å². The van der Waals surface area contributed by atoms with Crippen molar-refractivity contribution in [1.82, 2.24) is 10.6 Å². The molecule has 5 rings (SSSR count). The van der Waals surface area contributed by atoms with Crippen molar-refractivity contribution in [3.8, 4) is 0 Å². The van der Waals surface area contributed by atoms with Crippen LogP contribution in [0.4, 0.5) is 0 Å². The summed E-state index contributed by atoms with van der Waals surface area (Å²) in [5.74, 6) is 0.550. The minimum absolute atomic E-state index is 0.154. The average Bonchev–Trinajstić information content (AvgIpc) is 3.23. The molecule has 1 saturated heterocycles. The first-order valence-corrected chi connectivity index (χ1v) is 14.4. The molecule has 9 nitrogen and oxygen atoms in total. The molecule has 4 aliphatic carbocycles. The van der Waals surface area contributed by atoms with Gasteiger partial charge in [0.15, 0.2) is 0 Å². The van der Waals surface area contributed by atoms with Gasteiger partial charge in [-0.3, -0.25) is 4.90 Å². The maximum absolute atomic E-state index is 12.8. The molecule has 9 heteroatoms. The van der Waals surface area contributed by atoms with Crippen LogP contribution in [0, 0.1) is 28.6 Å². The lowest BCUT2D eigenvalue weighted by Crippen LogP contribution is -3.19. The predicted octanol–water partition coefficient (Wildman–Crippen LogP) is -1.18. The monoisotopic (exact) mass is 517 g/mol. The Morgan fingerprint density at radius 3 is 2.65 bits per heavy atom. The molecule has 0 radical (unpaired) electrons. The molecule has 0 aromatic carbocycles. The number of guanidine groups is 1. The van der Waals surface area contributed by atoms with Gasteiger partial charge in [0.25, 0.3) is 5.96 Å². The predicted molar refractivity (Wildman–Crippen MR) is 140 cm³/mol. The number of piperidine rings is 1. The third-order valence-electron chi connectivity index (χ3n) is 11.2. The lowest BCUT2D eigenvalue weighted by molar-refractivity contribution is -0.828. The lowest BCUT2D eigenvalue weighted by atomic mass is 9.44. The number of aliphatic imine (C=N–C) groups is 1. The maximum atomic E-state index is 12.8. The van der Waals surface area contributed by atoms with Gasteiger partial charge in [0.05, 0.1) is 31.7 Å². The molecule has 37 heavy (non-hydrogen) atoms. The van der Waals surface area contributed by atoms with Crippen molar-refractivity contribution < 1.29 is 24.6 Å². The van der Waals surface area contributed by atoms with Gasteiger partial charge in [0, 0.05) is 36.5 Å². The lowest BCUT2D eigenvalue weighted by Gasteiger charge is -2.61. The normalized spacial score (nSPS) is 43.6. The van der Waals surface area contributed by atoms with Gasteiger partial charge in [-0.25, -0.2) is 4.99 Å². The zero-order valence-electron chi connectivity index (χ0n) is 22.9. The van der Waals surface area contributed by atoms with Gasteiger partial charge >= 0.3 is 0 Å². The molecule has 0 aromatic heterocycles. The molecule has 3 saturated carbocycles.